The molecule has 0 aliphatic heterocycles. The Hall–Kier alpha value is -1.78. The smallest absolute Gasteiger partial charge is 0.190 e. The van der Waals surface area contributed by atoms with E-state index >= 15 is 0 Å². The summed E-state index contributed by atoms with van der Waals surface area (Å²) in [5, 5.41) is 21.8. The standard InChI is InChI=1S/C31H48O4/c1-21(2)12-9-13-22(3)14-10-15-23(4)16-11-19-31(6,35)28(32)20-27-24(5)29(33)25-17-7-8-18-26(25)30(27)34/h7-8,17-18,21-23,28,32,35H,9-16,19-20H2,1-6H3/t22-,23-,28?,31?/m1/s1. The molecule has 2 N–H and O–H groups in total. The van der Waals surface area contributed by atoms with Crippen molar-refractivity contribution in [2.75, 3.05) is 0 Å². The van der Waals surface area contributed by atoms with Crippen molar-refractivity contribution >= 4 is 11.6 Å². The Morgan fingerprint density at radius 3 is 1.83 bits per heavy atom. The van der Waals surface area contributed by atoms with Gasteiger partial charge in [-0.3, -0.25) is 9.59 Å². The van der Waals surface area contributed by atoms with Gasteiger partial charge in [0.2, 0.25) is 0 Å². The van der Waals surface area contributed by atoms with E-state index in [1.807, 2.05) is 0 Å². The van der Waals surface area contributed by atoms with E-state index in [0.29, 0.717) is 34.6 Å². The summed E-state index contributed by atoms with van der Waals surface area (Å²) in [6.07, 6.45) is 8.88. The fraction of sp³-hybridized carbons (Fsp3) is 0.677. The largest absolute Gasteiger partial charge is 0.390 e. The summed E-state index contributed by atoms with van der Waals surface area (Å²) < 4.78 is 0. The van der Waals surface area contributed by atoms with Crippen molar-refractivity contribution in [2.24, 2.45) is 17.8 Å². The third-order valence-electron chi connectivity index (χ3n) is 7.85. The highest BCUT2D eigenvalue weighted by atomic mass is 16.3. The molecule has 196 valence electrons. The van der Waals surface area contributed by atoms with Crippen molar-refractivity contribution in [1.29, 1.82) is 0 Å². The van der Waals surface area contributed by atoms with Gasteiger partial charge in [0.05, 0.1) is 11.7 Å². The van der Waals surface area contributed by atoms with E-state index in [2.05, 4.69) is 27.7 Å². The van der Waals surface area contributed by atoms with Crippen molar-refractivity contribution in [3.8, 4) is 0 Å². The highest BCUT2D eigenvalue weighted by molar-refractivity contribution is 6.26. The second kappa shape index (κ2) is 13.5. The molecule has 2 rings (SSSR count). The fourth-order valence-electron chi connectivity index (χ4n) is 5.16. The van der Waals surface area contributed by atoms with Crippen molar-refractivity contribution in [2.45, 2.75) is 117 Å². The van der Waals surface area contributed by atoms with E-state index in [0.717, 1.165) is 24.7 Å². The molecular formula is C31H48O4. The number of hydrogen-bond donors (Lipinski definition) is 2. The molecule has 2 unspecified atom stereocenters. The molecule has 1 aliphatic carbocycles. The molecule has 0 radical (unpaired) electrons. The van der Waals surface area contributed by atoms with Crippen molar-refractivity contribution in [1.82, 2.24) is 0 Å². The average molecular weight is 485 g/mol. The van der Waals surface area contributed by atoms with Crippen LogP contribution in [-0.4, -0.2) is 33.5 Å². The zero-order chi connectivity index (χ0) is 26.2. The van der Waals surface area contributed by atoms with E-state index in [4.69, 9.17) is 0 Å². The molecule has 0 spiro atoms. The van der Waals surface area contributed by atoms with Crippen LogP contribution >= 0.6 is 0 Å². The van der Waals surface area contributed by atoms with Gasteiger partial charge in [-0.25, -0.2) is 0 Å². The van der Waals surface area contributed by atoms with Gasteiger partial charge in [-0.15, -0.1) is 0 Å². The molecule has 0 aromatic heterocycles. The van der Waals surface area contributed by atoms with Gasteiger partial charge in [0, 0.05) is 28.7 Å². The summed E-state index contributed by atoms with van der Waals surface area (Å²) in [4.78, 5) is 25.7. The molecule has 4 heteroatoms. The molecule has 0 heterocycles. The van der Waals surface area contributed by atoms with Gasteiger partial charge >= 0.3 is 0 Å². The highest BCUT2D eigenvalue weighted by Crippen LogP contribution is 2.32. The number of aliphatic hydroxyl groups is 2. The zero-order valence-corrected chi connectivity index (χ0v) is 22.9. The number of Topliss-reactive ketones (excluding diaryl/α,β-unsaturated/α-hetero) is 2. The SMILES string of the molecule is CC1=C(CC(O)C(C)(O)CCC[C@H](C)CCC[C@H](C)CCCC(C)C)C(=O)c2ccccc2C1=O. The number of benzene rings is 1. The maximum Gasteiger partial charge on any atom is 0.190 e. The Kier molecular flexibility index (Phi) is 11.4. The number of ketones is 2. The van der Waals surface area contributed by atoms with Gasteiger partial charge < -0.3 is 10.2 Å². The lowest BCUT2D eigenvalue weighted by atomic mass is 9.79. The highest BCUT2D eigenvalue weighted by Gasteiger charge is 2.36. The summed E-state index contributed by atoms with van der Waals surface area (Å²) in [5.41, 5.74) is 0.179. The second-order valence-electron chi connectivity index (χ2n) is 11.7. The van der Waals surface area contributed by atoms with E-state index in [1.165, 1.54) is 38.5 Å². The Bertz CT molecular complexity index is 880. The molecule has 0 bridgehead atoms. The van der Waals surface area contributed by atoms with Gasteiger partial charge in [0.1, 0.15) is 0 Å². The van der Waals surface area contributed by atoms with Crippen LogP contribution in [0.3, 0.4) is 0 Å². The first-order valence-corrected chi connectivity index (χ1v) is 13.7. The first kappa shape index (κ1) is 29.5. The van der Waals surface area contributed by atoms with Crippen LogP contribution in [0.5, 0.6) is 0 Å². The van der Waals surface area contributed by atoms with Crippen LogP contribution in [0.15, 0.2) is 35.4 Å². The molecule has 4 nitrogen and oxygen atoms in total. The van der Waals surface area contributed by atoms with Crippen LogP contribution in [-0.2, 0) is 0 Å². The maximum atomic E-state index is 13.0. The number of carbonyl (C=O) groups is 2. The minimum Gasteiger partial charge on any atom is -0.390 e. The molecule has 4 atom stereocenters. The lowest BCUT2D eigenvalue weighted by Crippen LogP contribution is -2.40. The predicted molar refractivity (Wildman–Crippen MR) is 144 cm³/mol. The van der Waals surface area contributed by atoms with Gasteiger partial charge in [-0.05, 0) is 38.0 Å². The number of hydrogen-bond acceptors (Lipinski definition) is 4. The van der Waals surface area contributed by atoms with E-state index in [-0.39, 0.29) is 18.0 Å². The molecule has 0 fully saturated rings. The lowest BCUT2D eigenvalue weighted by molar-refractivity contribution is -0.0676. The minimum atomic E-state index is -1.31. The Morgan fingerprint density at radius 1 is 0.800 bits per heavy atom. The van der Waals surface area contributed by atoms with E-state index in [1.54, 1.807) is 38.1 Å². The molecule has 1 aromatic carbocycles. The summed E-state index contributed by atoms with van der Waals surface area (Å²) in [7, 11) is 0. The van der Waals surface area contributed by atoms with Crippen LogP contribution in [0.1, 0.15) is 126 Å². The van der Waals surface area contributed by atoms with Crippen molar-refractivity contribution < 1.29 is 19.8 Å². The second-order valence-corrected chi connectivity index (χ2v) is 11.7. The number of aliphatic hydroxyl groups excluding tert-OH is 1. The number of rotatable bonds is 15. The van der Waals surface area contributed by atoms with Crippen LogP contribution < -0.4 is 0 Å². The van der Waals surface area contributed by atoms with E-state index in [9.17, 15) is 19.8 Å². The van der Waals surface area contributed by atoms with Gasteiger partial charge in [-0.1, -0.05) is 103 Å². The third-order valence-corrected chi connectivity index (χ3v) is 7.85. The quantitative estimate of drug-likeness (QED) is 0.273. The van der Waals surface area contributed by atoms with Gasteiger partial charge in [0.15, 0.2) is 11.6 Å². The normalized spacial score (nSPS) is 18.4. The number of allylic oxidation sites excluding steroid dienone is 1. The maximum absolute atomic E-state index is 13.0. The van der Waals surface area contributed by atoms with Gasteiger partial charge in [-0.2, -0.15) is 0 Å². The van der Waals surface area contributed by atoms with Crippen molar-refractivity contribution in [3.05, 3.63) is 46.5 Å². The molecule has 35 heavy (non-hydrogen) atoms. The Morgan fingerprint density at radius 2 is 1.29 bits per heavy atom. The minimum absolute atomic E-state index is 0.0119. The van der Waals surface area contributed by atoms with Crippen LogP contribution in [0.25, 0.3) is 0 Å². The van der Waals surface area contributed by atoms with Crippen LogP contribution in [0.2, 0.25) is 0 Å². The van der Waals surface area contributed by atoms with Crippen LogP contribution in [0.4, 0.5) is 0 Å². The first-order chi connectivity index (χ1) is 16.4. The molecule has 0 saturated carbocycles. The topological polar surface area (TPSA) is 74.6 Å². The average Bonchev–Trinajstić information content (AvgIpc) is 2.79. The van der Waals surface area contributed by atoms with E-state index < -0.39 is 11.7 Å². The Labute approximate surface area is 213 Å². The molecular weight excluding hydrogens is 436 g/mol. The first-order valence-electron chi connectivity index (χ1n) is 13.7. The van der Waals surface area contributed by atoms with Gasteiger partial charge in [0.25, 0.3) is 0 Å². The molecule has 1 aliphatic rings. The Balaban J connectivity index is 1.78. The lowest BCUT2D eigenvalue weighted by Gasteiger charge is -2.31. The number of fused-ring (bicyclic) bond motifs is 1. The molecule has 1 aromatic rings. The summed E-state index contributed by atoms with van der Waals surface area (Å²) in [6, 6.07) is 6.80. The van der Waals surface area contributed by atoms with Crippen LogP contribution in [0, 0.1) is 17.8 Å². The summed E-state index contributed by atoms with van der Waals surface area (Å²) >= 11 is 0. The summed E-state index contributed by atoms with van der Waals surface area (Å²) in [5.74, 6) is 1.77. The fourth-order valence-corrected chi connectivity index (χ4v) is 5.16. The molecule has 0 saturated heterocycles. The van der Waals surface area contributed by atoms with Crippen molar-refractivity contribution in [3.63, 3.8) is 0 Å². The monoisotopic (exact) mass is 484 g/mol. The number of carbonyl (C=O) groups excluding carboxylic acids is 2. The third kappa shape index (κ3) is 8.68. The zero-order valence-electron chi connectivity index (χ0n) is 22.9. The molecule has 0 amide bonds. The predicted octanol–water partition coefficient (Wildman–Crippen LogP) is 7.32. The summed E-state index contributed by atoms with van der Waals surface area (Å²) in [6.45, 7) is 12.5.